The summed E-state index contributed by atoms with van der Waals surface area (Å²) in [5.74, 6) is 1.59. The summed E-state index contributed by atoms with van der Waals surface area (Å²) in [4.78, 5) is 18.4. The number of fused-ring (bicyclic) bond motifs is 1. The number of imidazole rings is 1. The van der Waals surface area contributed by atoms with Gasteiger partial charge in [-0.2, -0.15) is 0 Å². The molecule has 0 radical (unpaired) electrons. The Balaban J connectivity index is 1.48. The maximum Gasteiger partial charge on any atom is 0.166 e. The molecule has 1 atom stereocenters. The maximum absolute atomic E-state index is 9.45. The van der Waals surface area contributed by atoms with Crippen molar-refractivity contribution in [3.8, 4) is 17.1 Å². The van der Waals surface area contributed by atoms with Gasteiger partial charge in [-0.25, -0.2) is 15.0 Å². The number of aromatic nitrogens is 5. The summed E-state index contributed by atoms with van der Waals surface area (Å²) in [7, 11) is 0. The number of nitrogens with one attached hydrogen (secondary N) is 1. The molecule has 1 fully saturated rings. The first-order valence-electron chi connectivity index (χ1n) is 10.0. The van der Waals surface area contributed by atoms with Crippen LogP contribution < -0.4 is 5.32 Å². The second-order valence-corrected chi connectivity index (χ2v) is 7.32. The summed E-state index contributed by atoms with van der Waals surface area (Å²) in [6.07, 6.45) is 7.07. The lowest BCUT2D eigenvalue weighted by atomic mass is 10.1. The molecule has 1 aliphatic rings. The van der Waals surface area contributed by atoms with Crippen LogP contribution in [0.3, 0.4) is 0 Å². The van der Waals surface area contributed by atoms with Crippen LogP contribution in [0.5, 0.6) is 5.75 Å². The van der Waals surface area contributed by atoms with Gasteiger partial charge in [0.2, 0.25) is 0 Å². The maximum atomic E-state index is 9.45. The second-order valence-electron chi connectivity index (χ2n) is 7.32. The molecule has 4 heterocycles. The van der Waals surface area contributed by atoms with Crippen molar-refractivity contribution < 1.29 is 9.84 Å². The Kier molecular flexibility index (Phi) is 4.98. The molecule has 3 aromatic heterocycles. The van der Waals surface area contributed by atoms with Crippen LogP contribution in [0.15, 0.2) is 55.1 Å². The third kappa shape index (κ3) is 3.69. The average Bonchev–Trinajstić information content (AvgIpc) is 3.45. The summed E-state index contributed by atoms with van der Waals surface area (Å²) in [6, 6.07) is 11.3. The normalized spacial score (nSPS) is 16.2. The first kappa shape index (κ1) is 18.5. The van der Waals surface area contributed by atoms with Gasteiger partial charge < -0.3 is 19.7 Å². The zero-order valence-corrected chi connectivity index (χ0v) is 16.4. The van der Waals surface area contributed by atoms with Crippen LogP contribution in [-0.2, 0) is 11.2 Å². The summed E-state index contributed by atoms with van der Waals surface area (Å²) in [6.45, 7) is 2.10. The molecule has 1 saturated heterocycles. The zero-order chi connectivity index (χ0) is 20.3. The first-order valence-corrected chi connectivity index (χ1v) is 10.0. The van der Waals surface area contributed by atoms with Crippen LogP contribution in [-0.4, -0.2) is 49.4 Å². The number of hydrogen-bond acceptors (Lipinski definition) is 7. The van der Waals surface area contributed by atoms with E-state index in [1.165, 1.54) is 0 Å². The Morgan fingerprint density at radius 1 is 1.17 bits per heavy atom. The Morgan fingerprint density at radius 2 is 2.07 bits per heavy atom. The molecule has 4 aromatic rings. The van der Waals surface area contributed by atoms with Crippen LogP contribution in [0, 0.1) is 0 Å². The highest BCUT2D eigenvalue weighted by molar-refractivity contribution is 5.85. The van der Waals surface area contributed by atoms with E-state index in [-0.39, 0.29) is 11.8 Å². The van der Waals surface area contributed by atoms with E-state index in [1.54, 1.807) is 24.5 Å². The zero-order valence-electron chi connectivity index (χ0n) is 16.4. The number of benzene rings is 1. The summed E-state index contributed by atoms with van der Waals surface area (Å²) in [5, 5.41) is 12.9. The number of hydrogen-bond donors (Lipinski definition) is 2. The molecule has 0 bridgehead atoms. The molecule has 0 amide bonds. The molecule has 2 N–H and O–H groups in total. The van der Waals surface area contributed by atoms with E-state index < -0.39 is 0 Å². The lowest BCUT2D eigenvalue weighted by Gasteiger charge is -2.12. The Morgan fingerprint density at radius 3 is 2.83 bits per heavy atom. The van der Waals surface area contributed by atoms with Gasteiger partial charge in [-0.05, 0) is 42.7 Å². The van der Waals surface area contributed by atoms with Gasteiger partial charge in [0, 0.05) is 31.1 Å². The van der Waals surface area contributed by atoms with E-state index in [2.05, 4.69) is 19.9 Å². The highest BCUT2D eigenvalue weighted by atomic mass is 16.5. The van der Waals surface area contributed by atoms with E-state index in [4.69, 9.17) is 14.7 Å². The minimum atomic E-state index is 0.233. The average molecular weight is 402 g/mol. The summed E-state index contributed by atoms with van der Waals surface area (Å²) in [5.41, 5.74) is 3.54. The first-order chi connectivity index (χ1) is 14.8. The molecular weight excluding hydrogens is 380 g/mol. The fourth-order valence-electron chi connectivity index (χ4n) is 3.66. The fraction of sp³-hybridized carbons (Fsp3) is 0.273. The number of rotatable bonds is 6. The largest absolute Gasteiger partial charge is 0.508 e. The minimum Gasteiger partial charge on any atom is -0.508 e. The van der Waals surface area contributed by atoms with Gasteiger partial charge in [0.25, 0.3) is 0 Å². The van der Waals surface area contributed by atoms with Gasteiger partial charge >= 0.3 is 0 Å². The summed E-state index contributed by atoms with van der Waals surface area (Å²) < 4.78 is 7.65. The van der Waals surface area contributed by atoms with Crippen molar-refractivity contribution in [1.29, 1.82) is 0 Å². The van der Waals surface area contributed by atoms with Crippen LogP contribution in [0.4, 0.5) is 5.82 Å². The topological polar surface area (TPSA) is 98.0 Å². The molecule has 0 saturated carbocycles. The van der Waals surface area contributed by atoms with Gasteiger partial charge in [0.15, 0.2) is 17.3 Å². The molecule has 152 valence electrons. The van der Waals surface area contributed by atoms with Crippen molar-refractivity contribution in [2.45, 2.75) is 18.9 Å². The smallest absolute Gasteiger partial charge is 0.166 e. The predicted molar refractivity (Wildman–Crippen MR) is 113 cm³/mol. The standard InChI is InChI=1S/C22H22N6O2/c29-18-5-3-15(4-6-18)7-10-24-21-19-22(28(14-25-19)17-8-11-30-13-17)27-20(26-21)16-2-1-9-23-12-16/h1-6,9,12,14,17,29H,7-8,10-11,13H2,(H,24,26,27). The number of phenols is 1. The quantitative estimate of drug-likeness (QED) is 0.511. The van der Waals surface area contributed by atoms with Crippen molar-refractivity contribution in [1.82, 2.24) is 24.5 Å². The van der Waals surface area contributed by atoms with Gasteiger partial charge in [0.05, 0.1) is 19.0 Å². The van der Waals surface area contributed by atoms with E-state index in [0.717, 1.165) is 41.7 Å². The van der Waals surface area contributed by atoms with E-state index in [0.29, 0.717) is 24.8 Å². The van der Waals surface area contributed by atoms with Crippen molar-refractivity contribution in [2.24, 2.45) is 0 Å². The molecule has 1 aliphatic heterocycles. The van der Waals surface area contributed by atoms with Gasteiger partial charge in [-0.3, -0.25) is 4.98 Å². The molecule has 1 aromatic carbocycles. The Hall–Kier alpha value is -3.52. The second kappa shape index (κ2) is 8.08. The lowest BCUT2D eigenvalue weighted by molar-refractivity contribution is 0.187. The minimum absolute atomic E-state index is 0.233. The Labute approximate surface area is 173 Å². The van der Waals surface area contributed by atoms with E-state index in [9.17, 15) is 5.11 Å². The Bertz CT molecular complexity index is 1140. The third-order valence-corrected chi connectivity index (χ3v) is 5.28. The third-order valence-electron chi connectivity index (χ3n) is 5.28. The van der Waals surface area contributed by atoms with Gasteiger partial charge in [0.1, 0.15) is 11.3 Å². The molecule has 8 heteroatoms. The highest BCUT2D eigenvalue weighted by Crippen LogP contribution is 2.28. The van der Waals surface area contributed by atoms with Crippen molar-refractivity contribution in [2.75, 3.05) is 25.1 Å². The molecule has 5 rings (SSSR count). The van der Waals surface area contributed by atoms with Crippen LogP contribution in [0.2, 0.25) is 0 Å². The van der Waals surface area contributed by atoms with Crippen LogP contribution >= 0.6 is 0 Å². The van der Waals surface area contributed by atoms with E-state index >= 15 is 0 Å². The van der Waals surface area contributed by atoms with Gasteiger partial charge in [-0.1, -0.05) is 12.1 Å². The number of aromatic hydroxyl groups is 1. The number of nitrogens with zero attached hydrogens (tertiary/aromatic N) is 5. The highest BCUT2D eigenvalue weighted by Gasteiger charge is 2.22. The van der Waals surface area contributed by atoms with Crippen molar-refractivity contribution >= 4 is 17.0 Å². The van der Waals surface area contributed by atoms with Crippen LogP contribution in [0.25, 0.3) is 22.6 Å². The molecule has 8 nitrogen and oxygen atoms in total. The van der Waals surface area contributed by atoms with Crippen LogP contribution in [0.1, 0.15) is 18.0 Å². The molecule has 30 heavy (non-hydrogen) atoms. The van der Waals surface area contributed by atoms with E-state index in [1.807, 2.05) is 30.6 Å². The molecular formula is C22H22N6O2. The molecule has 1 unspecified atom stereocenters. The lowest BCUT2D eigenvalue weighted by Crippen LogP contribution is -2.11. The van der Waals surface area contributed by atoms with Crippen molar-refractivity contribution in [3.05, 3.63) is 60.7 Å². The summed E-state index contributed by atoms with van der Waals surface area (Å²) >= 11 is 0. The monoisotopic (exact) mass is 402 g/mol. The fourth-order valence-corrected chi connectivity index (χ4v) is 3.66. The SMILES string of the molecule is Oc1ccc(CCNc2nc(-c3cccnc3)nc3c2ncn3C2CCOC2)cc1. The molecule has 0 spiro atoms. The number of ether oxygens (including phenoxy) is 1. The number of phenolic OH excluding ortho intramolecular Hbond substituents is 1. The number of pyridine rings is 1. The predicted octanol–water partition coefficient (Wildman–Crippen LogP) is 3.21. The van der Waals surface area contributed by atoms with Crippen molar-refractivity contribution in [3.63, 3.8) is 0 Å². The molecule has 0 aliphatic carbocycles. The number of anilines is 1. The van der Waals surface area contributed by atoms with Gasteiger partial charge in [-0.15, -0.1) is 0 Å².